The van der Waals surface area contributed by atoms with Crippen molar-refractivity contribution in [3.63, 3.8) is 0 Å². The van der Waals surface area contributed by atoms with E-state index in [1.54, 1.807) is 6.92 Å². The number of carbonyl (C=O) groups excluding carboxylic acids is 1. The number of hydrogen-bond donors (Lipinski definition) is 0. The number of ether oxygens (including phenoxy) is 2. The Hall–Kier alpha value is -1.55. The highest BCUT2D eigenvalue weighted by Gasteiger charge is 2.40. The summed E-state index contributed by atoms with van der Waals surface area (Å²) in [6.45, 7) is 4.78. The van der Waals surface area contributed by atoms with E-state index in [4.69, 9.17) is 9.47 Å². The number of fused-ring (bicyclic) bond motifs is 1. The third-order valence-corrected chi connectivity index (χ3v) is 4.61. The minimum Gasteiger partial charge on any atom is -0.486 e. The average molecular weight is 275 g/mol. The van der Waals surface area contributed by atoms with E-state index < -0.39 is 0 Å². The van der Waals surface area contributed by atoms with Crippen LogP contribution < -0.4 is 9.47 Å². The molecule has 0 unspecified atom stereocenters. The molecule has 0 spiro atoms. The number of ketones is 1. The van der Waals surface area contributed by atoms with Crippen molar-refractivity contribution < 1.29 is 14.3 Å². The van der Waals surface area contributed by atoms with Gasteiger partial charge >= 0.3 is 0 Å². The molecule has 0 aromatic heterocycles. The van der Waals surface area contributed by atoms with Crippen LogP contribution in [0.2, 0.25) is 0 Å². The molecule has 4 nitrogen and oxygen atoms in total. The third-order valence-electron chi connectivity index (χ3n) is 4.61. The lowest BCUT2D eigenvalue weighted by Gasteiger charge is -2.39. The molecular weight excluding hydrogens is 254 g/mol. The van der Waals surface area contributed by atoms with Gasteiger partial charge in [0.05, 0.1) is 5.41 Å². The molecule has 0 radical (unpaired) electrons. The van der Waals surface area contributed by atoms with Crippen LogP contribution in [-0.2, 0) is 10.2 Å². The first-order chi connectivity index (χ1) is 9.62. The Balaban J connectivity index is 1.98. The Kier molecular flexibility index (Phi) is 3.42. The summed E-state index contributed by atoms with van der Waals surface area (Å²) < 4.78 is 11.2. The van der Waals surface area contributed by atoms with Gasteiger partial charge in [0.25, 0.3) is 0 Å². The Morgan fingerprint density at radius 1 is 1.15 bits per heavy atom. The highest BCUT2D eigenvalue weighted by atomic mass is 16.6. The van der Waals surface area contributed by atoms with Crippen LogP contribution in [0.5, 0.6) is 11.5 Å². The van der Waals surface area contributed by atoms with Crippen LogP contribution in [0.1, 0.15) is 25.3 Å². The van der Waals surface area contributed by atoms with Crippen molar-refractivity contribution in [1.29, 1.82) is 0 Å². The lowest BCUT2D eigenvalue weighted by molar-refractivity contribution is -0.124. The first-order valence-corrected chi connectivity index (χ1v) is 7.21. The molecule has 1 aromatic carbocycles. The Morgan fingerprint density at radius 2 is 1.80 bits per heavy atom. The molecule has 1 fully saturated rings. The van der Waals surface area contributed by atoms with Crippen molar-refractivity contribution in [2.75, 3.05) is 33.4 Å². The van der Waals surface area contributed by atoms with Crippen molar-refractivity contribution in [2.24, 2.45) is 0 Å². The molecule has 4 heteroatoms. The van der Waals surface area contributed by atoms with E-state index in [0.717, 1.165) is 43.0 Å². The van der Waals surface area contributed by atoms with Crippen molar-refractivity contribution in [3.8, 4) is 11.5 Å². The highest BCUT2D eigenvalue weighted by molar-refractivity contribution is 5.88. The first kappa shape index (κ1) is 13.4. The van der Waals surface area contributed by atoms with Gasteiger partial charge in [0, 0.05) is 0 Å². The summed E-state index contributed by atoms with van der Waals surface area (Å²) in [6, 6.07) is 5.97. The third kappa shape index (κ3) is 2.18. The minimum atomic E-state index is -0.359. The van der Waals surface area contributed by atoms with Crippen LogP contribution in [0, 0.1) is 0 Å². The number of benzene rings is 1. The van der Waals surface area contributed by atoms with Crippen molar-refractivity contribution in [1.82, 2.24) is 4.90 Å². The SMILES string of the molecule is CC(=O)C1(c2ccc3c(c2)OCCO3)CCN(C)CC1. The van der Waals surface area contributed by atoms with Gasteiger partial charge in [-0.2, -0.15) is 0 Å². The van der Waals surface area contributed by atoms with Gasteiger partial charge in [0.2, 0.25) is 0 Å². The second kappa shape index (κ2) is 5.09. The number of rotatable bonds is 2. The van der Waals surface area contributed by atoms with Crippen LogP contribution in [0.15, 0.2) is 18.2 Å². The van der Waals surface area contributed by atoms with E-state index in [1.807, 2.05) is 18.2 Å². The molecule has 108 valence electrons. The maximum Gasteiger partial charge on any atom is 0.161 e. The van der Waals surface area contributed by atoms with E-state index in [1.165, 1.54) is 0 Å². The smallest absolute Gasteiger partial charge is 0.161 e. The summed E-state index contributed by atoms with van der Waals surface area (Å²) in [4.78, 5) is 14.6. The van der Waals surface area contributed by atoms with E-state index >= 15 is 0 Å². The lowest BCUT2D eigenvalue weighted by atomic mass is 9.70. The fraction of sp³-hybridized carbons (Fsp3) is 0.562. The second-order valence-electron chi connectivity index (χ2n) is 5.80. The zero-order chi connectivity index (χ0) is 14.2. The van der Waals surface area contributed by atoms with Gasteiger partial charge in [0.15, 0.2) is 11.5 Å². The zero-order valence-corrected chi connectivity index (χ0v) is 12.1. The Bertz CT molecular complexity index is 518. The minimum absolute atomic E-state index is 0.252. The van der Waals surface area contributed by atoms with Crippen LogP contribution >= 0.6 is 0 Å². The molecule has 2 aliphatic heterocycles. The summed E-state index contributed by atoms with van der Waals surface area (Å²) in [5, 5.41) is 0. The zero-order valence-electron chi connectivity index (χ0n) is 12.1. The standard InChI is InChI=1S/C16H21NO3/c1-12(18)16(5-7-17(2)8-6-16)13-3-4-14-15(11-13)20-10-9-19-14/h3-4,11H,5-10H2,1-2H3. The number of Topliss-reactive ketones (excluding diaryl/α,β-unsaturated/α-hetero) is 1. The normalized spacial score (nSPS) is 21.5. The van der Waals surface area contributed by atoms with Gasteiger partial charge in [-0.1, -0.05) is 6.07 Å². The Labute approximate surface area is 119 Å². The summed E-state index contributed by atoms with van der Waals surface area (Å²) in [7, 11) is 2.11. The molecule has 1 saturated heterocycles. The molecule has 2 heterocycles. The van der Waals surface area contributed by atoms with Crippen LogP contribution in [0.25, 0.3) is 0 Å². The van der Waals surface area contributed by atoms with Gasteiger partial charge in [-0.25, -0.2) is 0 Å². The largest absolute Gasteiger partial charge is 0.486 e. The van der Waals surface area contributed by atoms with Gasteiger partial charge in [-0.05, 0) is 57.6 Å². The maximum absolute atomic E-state index is 12.3. The predicted molar refractivity (Wildman–Crippen MR) is 76.5 cm³/mol. The van der Waals surface area contributed by atoms with E-state index in [0.29, 0.717) is 13.2 Å². The molecule has 0 bridgehead atoms. The summed E-state index contributed by atoms with van der Waals surface area (Å²) in [6.07, 6.45) is 1.75. The number of carbonyl (C=O) groups is 1. The monoisotopic (exact) mass is 275 g/mol. The fourth-order valence-corrected chi connectivity index (χ4v) is 3.19. The number of hydrogen-bond acceptors (Lipinski definition) is 4. The summed E-state index contributed by atoms with van der Waals surface area (Å²) in [5.41, 5.74) is 0.713. The Morgan fingerprint density at radius 3 is 2.45 bits per heavy atom. The molecule has 0 atom stereocenters. The van der Waals surface area contributed by atoms with E-state index in [2.05, 4.69) is 11.9 Å². The van der Waals surface area contributed by atoms with E-state index in [9.17, 15) is 4.79 Å². The molecule has 0 aliphatic carbocycles. The summed E-state index contributed by atoms with van der Waals surface area (Å²) in [5.74, 6) is 1.81. The quantitative estimate of drug-likeness (QED) is 0.827. The molecule has 0 amide bonds. The maximum atomic E-state index is 12.3. The molecule has 3 rings (SSSR count). The van der Waals surface area contributed by atoms with Crippen molar-refractivity contribution >= 4 is 5.78 Å². The predicted octanol–water partition coefficient (Wildman–Crippen LogP) is 2.01. The molecule has 1 aromatic rings. The van der Waals surface area contributed by atoms with E-state index in [-0.39, 0.29) is 11.2 Å². The average Bonchev–Trinajstić information content (AvgIpc) is 2.47. The number of piperidine rings is 1. The van der Waals surface area contributed by atoms with Gasteiger partial charge in [-0.15, -0.1) is 0 Å². The van der Waals surface area contributed by atoms with Gasteiger partial charge in [-0.3, -0.25) is 4.79 Å². The van der Waals surface area contributed by atoms with Crippen LogP contribution in [0.3, 0.4) is 0 Å². The van der Waals surface area contributed by atoms with Crippen molar-refractivity contribution in [3.05, 3.63) is 23.8 Å². The summed E-state index contributed by atoms with van der Waals surface area (Å²) >= 11 is 0. The second-order valence-corrected chi connectivity index (χ2v) is 5.80. The molecule has 2 aliphatic rings. The molecule has 0 N–H and O–H groups in total. The van der Waals surface area contributed by atoms with Crippen LogP contribution in [-0.4, -0.2) is 44.0 Å². The molecular formula is C16H21NO3. The number of likely N-dealkylation sites (tertiary alicyclic amines) is 1. The van der Waals surface area contributed by atoms with Crippen LogP contribution in [0.4, 0.5) is 0 Å². The number of nitrogens with zero attached hydrogens (tertiary/aromatic N) is 1. The molecule has 20 heavy (non-hydrogen) atoms. The highest BCUT2D eigenvalue weighted by Crippen LogP contribution is 2.40. The van der Waals surface area contributed by atoms with Crippen molar-refractivity contribution in [2.45, 2.75) is 25.2 Å². The fourth-order valence-electron chi connectivity index (χ4n) is 3.19. The molecule has 0 saturated carbocycles. The first-order valence-electron chi connectivity index (χ1n) is 7.21. The topological polar surface area (TPSA) is 38.8 Å². The van der Waals surface area contributed by atoms with Gasteiger partial charge < -0.3 is 14.4 Å². The van der Waals surface area contributed by atoms with Gasteiger partial charge in [0.1, 0.15) is 19.0 Å². The lowest BCUT2D eigenvalue weighted by Crippen LogP contribution is -2.45.